The molecule has 0 radical (unpaired) electrons. The first-order valence-electron chi connectivity index (χ1n) is 5.28. The van der Waals surface area contributed by atoms with Crippen LogP contribution in [0.5, 0.6) is 0 Å². The Morgan fingerprint density at radius 1 is 1.20 bits per heavy atom. The first kappa shape index (κ1) is 14.7. The second-order valence-electron chi connectivity index (χ2n) is 4.30. The van der Waals surface area contributed by atoms with Crippen molar-refractivity contribution in [1.29, 1.82) is 0 Å². The number of hydrogen-bond acceptors (Lipinski definition) is 2. The van der Waals surface area contributed by atoms with Gasteiger partial charge in [-0.25, -0.2) is 0 Å². The zero-order valence-corrected chi connectivity index (χ0v) is 9.64. The summed E-state index contributed by atoms with van der Waals surface area (Å²) in [6.07, 6.45) is -2.63. The van der Waals surface area contributed by atoms with Crippen LogP contribution in [-0.4, -0.2) is 36.2 Å². The normalized spacial score (nSPS) is 15.0. The van der Waals surface area contributed by atoms with E-state index < -0.39 is 12.7 Å². The second-order valence-corrected chi connectivity index (χ2v) is 4.30. The maximum Gasteiger partial charge on any atom is 0.401 e. The second kappa shape index (κ2) is 6.33. The van der Waals surface area contributed by atoms with Crippen LogP contribution in [0.2, 0.25) is 0 Å². The molecule has 15 heavy (non-hydrogen) atoms. The van der Waals surface area contributed by atoms with Crippen molar-refractivity contribution in [2.75, 3.05) is 13.1 Å². The molecule has 1 atom stereocenters. The number of hydrogen-bond donors (Lipinski definition) is 1. The van der Waals surface area contributed by atoms with Crippen molar-refractivity contribution < 1.29 is 13.2 Å². The lowest BCUT2D eigenvalue weighted by Crippen LogP contribution is -2.39. The summed E-state index contributed by atoms with van der Waals surface area (Å²) in [5, 5.41) is 0. The van der Waals surface area contributed by atoms with Crippen LogP contribution in [0.15, 0.2) is 0 Å². The first-order chi connectivity index (χ1) is 6.72. The van der Waals surface area contributed by atoms with E-state index >= 15 is 0 Å². The van der Waals surface area contributed by atoms with E-state index in [9.17, 15) is 13.2 Å². The van der Waals surface area contributed by atoms with Crippen LogP contribution < -0.4 is 5.73 Å². The smallest absolute Gasteiger partial charge is 0.328 e. The average Bonchev–Trinajstić information content (AvgIpc) is 1.99. The lowest BCUT2D eigenvalue weighted by Gasteiger charge is -2.27. The van der Waals surface area contributed by atoms with E-state index in [1.807, 2.05) is 6.92 Å². The number of halogens is 3. The monoisotopic (exact) mass is 226 g/mol. The van der Waals surface area contributed by atoms with Gasteiger partial charge in [0.2, 0.25) is 0 Å². The predicted molar refractivity (Wildman–Crippen MR) is 55.6 cm³/mol. The fraction of sp³-hybridized carbons (Fsp3) is 1.00. The van der Waals surface area contributed by atoms with Gasteiger partial charge in [-0.2, -0.15) is 13.2 Å². The fourth-order valence-corrected chi connectivity index (χ4v) is 1.37. The average molecular weight is 226 g/mol. The van der Waals surface area contributed by atoms with Gasteiger partial charge in [0.15, 0.2) is 0 Å². The summed E-state index contributed by atoms with van der Waals surface area (Å²) in [5.41, 5.74) is 5.54. The minimum Gasteiger partial charge on any atom is -0.328 e. The van der Waals surface area contributed by atoms with Crippen LogP contribution in [0.1, 0.15) is 33.6 Å². The van der Waals surface area contributed by atoms with Crippen LogP contribution in [0, 0.1) is 0 Å². The maximum absolute atomic E-state index is 12.2. The summed E-state index contributed by atoms with van der Waals surface area (Å²) in [7, 11) is 0. The van der Waals surface area contributed by atoms with E-state index in [0.29, 0.717) is 13.0 Å². The number of nitrogens with two attached hydrogens (primary N) is 1. The Bertz CT molecular complexity index is 167. The lowest BCUT2D eigenvalue weighted by molar-refractivity contribution is -0.149. The largest absolute Gasteiger partial charge is 0.401 e. The third-order valence-electron chi connectivity index (χ3n) is 2.22. The fourth-order valence-electron chi connectivity index (χ4n) is 1.37. The van der Waals surface area contributed by atoms with Crippen LogP contribution in [0.3, 0.4) is 0 Å². The number of alkyl halides is 3. The summed E-state index contributed by atoms with van der Waals surface area (Å²) in [6.45, 7) is 5.04. The zero-order valence-electron chi connectivity index (χ0n) is 9.64. The van der Waals surface area contributed by atoms with Gasteiger partial charge < -0.3 is 5.73 Å². The van der Waals surface area contributed by atoms with Crippen LogP contribution >= 0.6 is 0 Å². The van der Waals surface area contributed by atoms with E-state index in [2.05, 4.69) is 0 Å². The Kier molecular flexibility index (Phi) is 6.20. The van der Waals surface area contributed by atoms with Gasteiger partial charge in [-0.1, -0.05) is 0 Å². The molecule has 0 aliphatic carbocycles. The standard InChI is InChI=1S/C10H21F3N2/c1-8(2)15(7-10(11,12)13)6-4-5-9(3)14/h8-9H,4-7,14H2,1-3H3. The van der Waals surface area contributed by atoms with Crippen molar-refractivity contribution in [1.82, 2.24) is 4.90 Å². The van der Waals surface area contributed by atoms with Crippen molar-refractivity contribution in [2.45, 2.75) is 51.9 Å². The summed E-state index contributed by atoms with van der Waals surface area (Å²) in [4.78, 5) is 1.43. The summed E-state index contributed by atoms with van der Waals surface area (Å²) in [6, 6.07) is -0.0235. The molecular weight excluding hydrogens is 205 g/mol. The van der Waals surface area contributed by atoms with E-state index in [4.69, 9.17) is 5.73 Å². The van der Waals surface area contributed by atoms with Gasteiger partial charge in [-0.15, -0.1) is 0 Å². The molecule has 5 heteroatoms. The van der Waals surface area contributed by atoms with Crippen molar-refractivity contribution in [3.8, 4) is 0 Å². The molecule has 0 saturated heterocycles. The molecule has 0 amide bonds. The molecular formula is C10H21F3N2. The third-order valence-corrected chi connectivity index (χ3v) is 2.22. The molecule has 0 bridgehead atoms. The summed E-state index contributed by atoms with van der Waals surface area (Å²) < 4.78 is 36.6. The van der Waals surface area contributed by atoms with Gasteiger partial charge in [-0.3, -0.25) is 4.90 Å². The van der Waals surface area contributed by atoms with Gasteiger partial charge >= 0.3 is 6.18 Å². The molecule has 0 spiro atoms. The first-order valence-corrected chi connectivity index (χ1v) is 5.28. The van der Waals surface area contributed by atoms with Crippen LogP contribution in [-0.2, 0) is 0 Å². The summed E-state index contributed by atoms with van der Waals surface area (Å²) >= 11 is 0. The molecule has 2 nitrogen and oxygen atoms in total. The third kappa shape index (κ3) is 8.69. The van der Waals surface area contributed by atoms with Gasteiger partial charge in [0.05, 0.1) is 6.54 Å². The molecule has 0 saturated carbocycles. The molecule has 1 unspecified atom stereocenters. The highest BCUT2D eigenvalue weighted by atomic mass is 19.4. The molecule has 2 N–H and O–H groups in total. The molecule has 0 aromatic rings. The molecule has 0 heterocycles. The Morgan fingerprint density at radius 2 is 1.73 bits per heavy atom. The molecule has 0 aliphatic rings. The highest BCUT2D eigenvalue weighted by Gasteiger charge is 2.31. The molecule has 92 valence electrons. The minimum atomic E-state index is -4.11. The van der Waals surface area contributed by atoms with Gasteiger partial charge in [0, 0.05) is 12.1 Å². The van der Waals surface area contributed by atoms with Gasteiger partial charge in [0.25, 0.3) is 0 Å². The number of rotatable bonds is 6. The Labute approximate surface area is 89.6 Å². The van der Waals surface area contributed by atoms with Crippen LogP contribution in [0.4, 0.5) is 13.2 Å². The highest BCUT2D eigenvalue weighted by molar-refractivity contribution is 4.68. The molecule has 0 aromatic heterocycles. The van der Waals surface area contributed by atoms with Crippen molar-refractivity contribution in [3.05, 3.63) is 0 Å². The predicted octanol–water partition coefficient (Wildman–Crippen LogP) is 2.39. The molecule has 0 aliphatic heterocycles. The number of nitrogens with zero attached hydrogens (tertiary/aromatic N) is 1. The highest BCUT2D eigenvalue weighted by Crippen LogP contribution is 2.18. The minimum absolute atomic E-state index is 0.0601. The van der Waals surface area contributed by atoms with Gasteiger partial charge in [0.1, 0.15) is 0 Å². The summed E-state index contributed by atoms with van der Waals surface area (Å²) in [5.74, 6) is 0. The van der Waals surface area contributed by atoms with Crippen molar-refractivity contribution in [3.63, 3.8) is 0 Å². The van der Waals surface area contributed by atoms with Crippen LogP contribution in [0.25, 0.3) is 0 Å². The van der Waals surface area contributed by atoms with Crippen molar-refractivity contribution in [2.24, 2.45) is 5.73 Å². The van der Waals surface area contributed by atoms with E-state index in [0.717, 1.165) is 6.42 Å². The van der Waals surface area contributed by atoms with E-state index in [-0.39, 0.29) is 12.1 Å². The quantitative estimate of drug-likeness (QED) is 0.753. The zero-order chi connectivity index (χ0) is 12.1. The van der Waals surface area contributed by atoms with E-state index in [1.165, 1.54) is 4.90 Å². The Balaban J connectivity index is 3.95. The SMILES string of the molecule is CC(N)CCCN(CC(F)(F)F)C(C)C. The van der Waals surface area contributed by atoms with E-state index in [1.54, 1.807) is 13.8 Å². The molecule has 0 rings (SSSR count). The topological polar surface area (TPSA) is 29.3 Å². The lowest BCUT2D eigenvalue weighted by atomic mass is 10.2. The molecule has 0 aromatic carbocycles. The Morgan fingerprint density at radius 3 is 2.07 bits per heavy atom. The Hall–Kier alpha value is -0.290. The van der Waals surface area contributed by atoms with Gasteiger partial charge in [-0.05, 0) is 40.2 Å². The maximum atomic E-state index is 12.2. The van der Waals surface area contributed by atoms with Crippen molar-refractivity contribution >= 4 is 0 Å². The molecule has 0 fully saturated rings.